The van der Waals surface area contributed by atoms with Crippen LogP contribution in [0.15, 0.2) is 28.5 Å². The largest absolute Gasteiger partial charge is 0.321 e. The van der Waals surface area contributed by atoms with Crippen molar-refractivity contribution < 1.29 is 13.2 Å². The highest BCUT2D eigenvalue weighted by Gasteiger charge is 2.20. The SMILES string of the molecule is Cc1ccsc1C(=O)Nc1cc(S(=O)(=O)N(C)C)cc(C)c1C. The molecule has 7 heteroatoms. The molecule has 0 atom stereocenters. The molecule has 0 unspecified atom stereocenters. The minimum absolute atomic E-state index is 0.170. The Hall–Kier alpha value is -1.70. The number of hydrogen-bond acceptors (Lipinski definition) is 4. The number of carbonyl (C=O) groups excluding carboxylic acids is 1. The molecule has 5 nitrogen and oxygen atoms in total. The van der Waals surface area contributed by atoms with Crippen molar-refractivity contribution in [1.29, 1.82) is 0 Å². The average molecular weight is 352 g/mol. The number of amides is 1. The van der Waals surface area contributed by atoms with Crippen molar-refractivity contribution in [3.05, 3.63) is 45.1 Å². The first-order valence-electron chi connectivity index (χ1n) is 7.04. The maximum Gasteiger partial charge on any atom is 0.266 e. The molecule has 1 aromatic heterocycles. The summed E-state index contributed by atoms with van der Waals surface area (Å²) in [5.74, 6) is -0.223. The van der Waals surface area contributed by atoms with E-state index in [2.05, 4.69) is 5.32 Å². The summed E-state index contributed by atoms with van der Waals surface area (Å²) in [7, 11) is -0.584. The maximum absolute atomic E-state index is 12.4. The molecule has 2 rings (SSSR count). The molecular formula is C16H20N2O3S2. The Labute approximate surface area is 141 Å². The summed E-state index contributed by atoms with van der Waals surface area (Å²) in [6.07, 6.45) is 0. The summed E-state index contributed by atoms with van der Waals surface area (Å²) in [4.78, 5) is 13.2. The topological polar surface area (TPSA) is 66.5 Å². The van der Waals surface area contributed by atoms with Crippen LogP contribution in [-0.2, 0) is 10.0 Å². The Morgan fingerprint density at radius 3 is 2.30 bits per heavy atom. The normalized spacial score (nSPS) is 11.7. The summed E-state index contributed by atoms with van der Waals surface area (Å²) < 4.78 is 25.8. The average Bonchev–Trinajstić information content (AvgIpc) is 2.89. The van der Waals surface area contributed by atoms with Crippen molar-refractivity contribution in [1.82, 2.24) is 4.31 Å². The zero-order valence-electron chi connectivity index (χ0n) is 13.8. The zero-order valence-corrected chi connectivity index (χ0v) is 15.4. The summed E-state index contributed by atoms with van der Waals surface area (Å²) in [5, 5.41) is 4.69. The van der Waals surface area contributed by atoms with Gasteiger partial charge in [-0.25, -0.2) is 12.7 Å². The first kappa shape index (κ1) is 17.7. The first-order valence-corrected chi connectivity index (χ1v) is 9.35. The van der Waals surface area contributed by atoms with Crippen LogP contribution in [-0.4, -0.2) is 32.7 Å². The van der Waals surface area contributed by atoms with Crippen LogP contribution < -0.4 is 5.32 Å². The van der Waals surface area contributed by atoms with Crippen molar-refractivity contribution >= 4 is 33.0 Å². The van der Waals surface area contributed by atoms with Gasteiger partial charge in [-0.2, -0.15) is 0 Å². The third-order valence-electron chi connectivity index (χ3n) is 3.74. The van der Waals surface area contributed by atoms with Crippen molar-refractivity contribution in [3.63, 3.8) is 0 Å². The monoisotopic (exact) mass is 352 g/mol. The molecule has 0 radical (unpaired) electrons. The van der Waals surface area contributed by atoms with Crippen LogP contribution in [0, 0.1) is 20.8 Å². The second-order valence-corrected chi connectivity index (χ2v) is 8.65. The van der Waals surface area contributed by atoms with Gasteiger partial charge in [0.2, 0.25) is 10.0 Å². The Kier molecular flexibility index (Phi) is 4.93. The Morgan fingerprint density at radius 1 is 1.13 bits per heavy atom. The quantitative estimate of drug-likeness (QED) is 0.919. The molecular weight excluding hydrogens is 332 g/mol. The van der Waals surface area contributed by atoms with E-state index in [9.17, 15) is 13.2 Å². The van der Waals surface area contributed by atoms with Gasteiger partial charge in [0, 0.05) is 19.8 Å². The van der Waals surface area contributed by atoms with E-state index in [1.807, 2.05) is 32.2 Å². The molecule has 0 bridgehead atoms. The van der Waals surface area contributed by atoms with E-state index in [4.69, 9.17) is 0 Å². The number of aryl methyl sites for hydroxylation is 2. The summed E-state index contributed by atoms with van der Waals surface area (Å²) in [6.45, 7) is 5.56. The van der Waals surface area contributed by atoms with Gasteiger partial charge in [0.25, 0.3) is 5.91 Å². The van der Waals surface area contributed by atoms with Crippen molar-refractivity contribution in [2.45, 2.75) is 25.7 Å². The number of nitrogens with zero attached hydrogens (tertiary/aromatic N) is 1. The lowest BCUT2D eigenvalue weighted by atomic mass is 10.1. The Balaban J connectivity index is 2.45. The minimum atomic E-state index is -3.55. The van der Waals surface area contributed by atoms with E-state index in [0.717, 1.165) is 21.0 Å². The van der Waals surface area contributed by atoms with E-state index in [1.54, 1.807) is 6.07 Å². The van der Waals surface area contributed by atoms with Crippen LogP contribution in [0.4, 0.5) is 5.69 Å². The smallest absolute Gasteiger partial charge is 0.266 e. The van der Waals surface area contributed by atoms with Gasteiger partial charge in [-0.15, -0.1) is 11.3 Å². The van der Waals surface area contributed by atoms with Gasteiger partial charge in [-0.3, -0.25) is 4.79 Å². The molecule has 1 amide bonds. The van der Waals surface area contributed by atoms with E-state index in [0.29, 0.717) is 10.6 Å². The molecule has 1 N–H and O–H groups in total. The summed E-state index contributed by atoms with van der Waals surface area (Å²) in [5.41, 5.74) is 3.08. The van der Waals surface area contributed by atoms with E-state index >= 15 is 0 Å². The number of sulfonamides is 1. The lowest BCUT2D eigenvalue weighted by Gasteiger charge is -2.16. The fourth-order valence-corrected chi connectivity index (χ4v) is 3.93. The number of rotatable bonds is 4. The third-order valence-corrected chi connectivity index (χ3v) is 6.54. The standard InChI is InChI=1S/C16H20N2O3S2/c1-10-6-7-22-15(10)16(19)17-14-9-13(8-11(2)12(14)3)23(20,21)18(4)5/h6-9H,1-5H3,(H,17,19). The number of anilines is 1. The Morgan fingerprint density at radius 2 is 1.78 bits per heavy atom. The highest BCUT2D eigenvalue weighted by atomic mass is 32.2. The highest BCUT2D eigenvalue weighted by molar-refractivity contribution is 7.89. The molecule has 0 spiro atoms. The zero-order chi connectivity index (χ0) is 17.4. The first-order chi connectivity index (χ1) is 10.6. The number of thiophene rings is 1. The minimum Gasteiger partial charge on any atom is -0.321 e. The van der Waals surface area contributed by atoms with Gasteiger partial charge in [0.15, 0.2) is 0 Å². The molecule has 0 aliphatic carbocycles. The second kappa shape index (κ2) is 6.43. The molecule has 124 valence electrons. The summed E-state index contributed by atoms with van der Waals surface area (Å²) >= 11 is 1.36. The number of nitrogens with one attached hydrogen (secondary N) is 1. The predicted octanol–water partition coefficient (Wildman–Crippen LogP) is 3.18. The van der Waals surface area contributed by atoms with E-state index in [-0.39, 0.29) is 10.8 Å². The fourth-order valence-electron chi connectivity index (χ4n) is 2.10. The highest BCUT2D eigenvalue weighted by Crippen LogP contribution is 2.27. The van der Waals surface area contributed by atoms with Gasteiger partial charge in [-0.1, -0.05) is 0 Å². The Bertz CT molecular complexity index is 852. The van der Waals surface area contributed by atoms with Crippen molar-refractivity contribution in [2.24, 2.45) is 0 Å². The second-order valence-electron chi connectivity index (χ2n) is 5.59. The van der Waals surface area contributed by atoms with E-state index < -0.39 is 10.0 Å². The van der Waals surface area contributed by atoms with Crippen LogP contribution in [0.5, 0.6) is 0 Å². The lowest BCUT2D eigenvalue weighted by Crippen LogP contribution is -2.23. The van der Waals surface area contributed by atoms with Crippen LogP contribution in [0.25, 0.3) is 0 Å². The molecule has 0 aliphatic heterocycles. The van der Waals surface area contributed by atoms with Crippen LogP contribution >= 0.6 is 11.3 Å². The number of hydrogen-bond donors (Lipinski definition) is 1. The van der Waals surface area contributed by atoms with Gasteiger partial charge < -0.3 is 5.32 Å². The van der Waals surface area contributed by atoms with Gasteiger partial charge in [0.05, 0.1) is 9.77 Å². The third kappa shape index (κ3) is 3.46. The molecule has 23 heavy (non-hydrogen) atoms. The van der Waals surface area contributed by atoms with E-state index in [1.165, 1.54) is 31.5 Å². The van der Waals surface area contributed by atoms with Crippen LogP contribution in [0.2, 0.25) is 0 Å². The molecule has 2 aromatic rings. The van der Waals surface area contributed by atoms with Gasteiger partial charge in [-0.05, 0) is 61.0 Å². The van der Waals surface area contributed by atoms with Crippen molar-refractivity contribution in [3.8, 4) is 0 Å². The molecule has 1 heterocycles. The molecule has 0 aliphatic rings. The molecule has 0 saturated heterocycles. The lowest BCUT2D eigenvalue weighted by molar-refractivity contribution is 0.103. The van der Waals surface area contributed by atoms with Gasteiger partial charge >= 0.3 is 0 Å². The predicted molar refractivity (Wildman–Crippen MR) is 93.8 cm³/mol. The molecule has 0 saturated carbocycles. The van der Waals surface area contributed by atoms with Crippen LogP contribution in [0.1, 0.15) is 26.4 Å². The van der Waals surface area contributed by atoms with Crippen LogP contribution in [0.3, 0.4) is 0 Å². The maximum atomic E-state index is 12.4. The number of carbonyl (C=O) groups is 1. The van der Waals surface area contributed by atoms with Crippen molar-refractivity contribution in [2.75, 3.05) is 19.4 Å². The summed E-state index contributed by atoms with van der Waals surface area (Å²) in [6, 6.07) is 5.01. The fraction of sp³-hybridized carbons (Fsp3) is 0.312. The number of benzene rings is 1. The van der Waals surface area contributed by atoms with Gasteiger partial charge in [0.1, 0.15) is 0 Å². The molecule has 0 fully saturated rings. The molecule has 1 aromatic carbocycles.